The number of rotatable bonds is 4. The maximum atomic E-state index is 6.40. The predicted molar refractivity (Wildman–Crippen MR) is 87.9 cm³/mol. The quantitative estimate of drug-likeness (QED) is 0.916. The lowest BCUT2D eigenvalue weighted by atomic mass is 10.1. The largest absolute Gasteiger partial charge is 0.367 e. The number of thiophene rings is 1. The zero-order valence-corrected chi connectivity index (χ0v) is 13.2. The van der Waals surface area contributed by atoms with E-state index < -0.39 is 0 Å². The van der Waals surface area contributed by atoms with Gasteiger partial charge in [-0.05, 0) is 47.7 Å². The number of hydrogen-bond acceptors (Lipinski definition) is 3. The summed E-state index contributed by atoms with van der Waals surface area (Å²) in [5.74, 6) is 0. The van der Waals surface area contributed by atoms with Crippen molar-refractivity contribution in [1.29, 1.82) is 0 Å². The number of fused-ring (bicyclic) bond motifs is 1. The van der Waals surface area contributed by atoms with Crippen LogP contribution >= 0.6 is 22.9 Å². The molecule has 1 aromatic carbocycles. The summed E-state index contributed by atoms with van der Waals surface area (Å²) in [6.07, 6.45) is 1.14. The summed E-state index contributed by atoms with van der Waals surface area (Å²) >= 11 is 8.28. The van der Waals surface area contributed by atoms with Gasteiger partial charge in [-0.3, -0.25) is 0 Å². The zero-order valence-electron chi connectivity index (χ0n) is 11.7. The molecule has 0 atom stereocenters. The summed E-state index contributed by atoms with van der Waals surface area (Å²) in [5, 5.41) is 6.37. The summed E-state index contributed by atoms with van der Waals surface area (Å²) in [5.41, 5.74) is 3.87. The van der Waals surface area contributed by atoms with Crippen LogP contribution in [0.2, 0.25) is 5.02 Å². The molecule has 1 aromatic heterocycles. The monoisotopic (exact) mass is 306 g/mol. The van der Waals surface area contributed by atoms with Crippen LogP contribution < -0.4 is 10.2 Å². The van der Waals surface area contributed by atoms with Crippen LogP contribution in [0.5, 0.6) is 0 Å². The Morgan fingerprint density at radius 1 is 1.35 bits per heavy atom. The van der Waals surface area contributed by atoms with E-state index >= 15 is 0 Å². The highest BCUT2D eigenvalue weighted by Crippen LogP contribution is 2.30. The van der Waals surface area contributed by atoms with Crippen molar-refractivity contribution in [2.45, 2.75) is 26.4 Å². The van der Waals surface area contributed by atoms with Crippen LogP contribution in [0, 0.1) is 0 Å². The second kappa shape index (κ2) is 6.17. The molecule has 106 valence electrons. The molecule has 0 unspecified atom stereocenters. The smallest absolute Gasteiger partial charge is 0.0471 e. The first kappa shape index (κ1) is 13.9. The van der Waals surface area contributed by atoms with Crippen molar-refractivity contribution in [3.8, 4) is 0 Å². The molecule has 0 bridgehead atoms. The number of halogens is 1. The Hall–Kier alpha value is -1.03. The topological polar surface area (TPSA) is 15.3 Å². The Morgan fingerprint density at radius 2 is 2.25 bits per heavy atom. The van der Waals surface area contributed by atoms with Crippen molar-refractivity contribution in [1.82, 2.24) is 5.32 Å². The first-order valence-corrected chi connectivity index (χ1v) is 8.33. The Morgan fingerprint density at radius 3 is 3.05 bits per heavy atom. The third kappa shape index (κ3) is 2.85. The first-order chi connectivity index (χ1) is 9.78. The van der Waals surface area contributed by atoms with E-state index in [1.165, 1.54) is 21.7 Å². The third-order valence-corrected chi connectivity index (χ3v) is 5.15. The molecule has 2 heterocycles. The van der Waals surface area contributed by atoms with Gasteiger partial charge in [0.25, 0.3) is 0 Å². The van der Waals surface area contributed by atoms with Crippen molar-refractivity contribution in [2.75, 3.05) is 18.0 Å². The van der Waals surface area contributed by atoms with Gasteiger partial charge >= 0.3 is 0 Å². The highest BCUT2D eigenvalue weighted by molar-refractivity contribution is 7.10. The van der Waals surface area contributed by atoms with Gasteiger partial charge in [-0.2, -0.15) is 0 Å². The second-order valence-electron chi connectivity index (χ2n) is 5.10. The van der Waals surface area contributed by atoms with Gasteiger partial charge < -0.3 is 10.2 Å². The van der Waals surface area contributed by atoms with Crippen LogP contribution in [0.4, 0.5) is 5.69 Å². The van der Waals surface area contributed by atoms with Gasteiger partial charge in [0.1, 0.15) is 0 Å². The van der Waals surface area contributed by atoms with Crippen molar-refractivity contribution in [3.63, 3.8) is 0 Å². The fourth-order valence-electron chi connectivity index (χ4n) is 2.60. The van der Waals surface area contributed by atoms with Crippen molar-refractivity contribution in [2.24, 2.45) is 0 Å². The van der Waals surface area contributed by atoms with Gasteiger partial charge in [0, 0.05) is 35.2 Å². The van der Waals surface area contributed by atoms with Crippen molar-refractivity contribution >= 4 is 28.6 Å². The van der Waals surface area contributed by atoms with E-state index in [9.17, 15) is 0 Å². The van der Waals surface area contributed by atoms with Crippen LogP contribution in [0.3, 0.4) is 0 Å². The highest BCUT2D eigenvalue weighted by atomic mass is 35.5. The molecular formula is C16H19ClN2S. The minimum absolute atomic E-state index is 0.838. The number of hydrogen-bond donors (Lipinski definition) is 1. The van der Waals surface area contributed by atoms with E-state index in [-0.39, 0.29) is 0 Å². The van der Waals surface area contributed by atoms with Gasteiger partial charge in [0.15, 0.2) is 0 Å². The maximum Gasteiger partial charge on any atom is 0.0471 e. The van der Waals surface area contributed by atoms with Crippen molar-refractivity contribution in [3.05, 3.63) is 50.7 Å². The SMILES string of the molecule is CCNCc1ccc(N2CCc3sccc3C2)cc1Cl. The molecule has 4 heteroatoms. The van der Waals surface area contributed by atoms with Crippen LogP contribution in [-0.2, 0) is 19.5 Å². The molecule has 0 radical (unpaired) electrons. The number of anilines is 1. The summed E-state index contributed by atoms with van der Waals surface area (Å²) in [6, 6.07) is 8.68. The lowest BCUT2D eigenvalue weighted by molar-refractivity contribution is 0.724. The van der Waals surface area contributed by atoms with Crippen LogP contribution in [-0.4, -0.2) is 13.1 Å². The highest BCUT2D eigenvalue weighted by Gasteiger charge is 2.18. The predicted octanol–water partition coefficient (Wildman–Crippen LogP) is 4.07. The summed E-state index contributed by atoms with van der Waals surface area (Å²) in [6.45, 7) is 5.99. The van der Waals surface area contributed by atoms with Gasteiger partial charge in [-0.25, -0.2) is 0 Å². The fourth-order valence-corrected chi connectivity index (χ4v) is 3.74. The van der Waals surface area contributed by atoms with E-state index in [1.54, 1.807) is 0 Å². The lowest BCUT2D eigenvalue weighted by Crippen LogP contribution is -2.29. The summed E-state index contributed by atoms with van der Waals surface area (Å²) < 4.78 is 0. The molecule has 20 heavy (non-hydrogen) atoms. The maximum absolute atomic E-state index is 6.40. The third-order valence-electron chi connectivity index (χ3n) is 3.77. The standard InChI is InChI=1S/C16H19ClN2S/c1-2-18-10-12-3-4-14(9-15(12)17)19-7-5-16-13(11-19)6-8-20-16/h3-4,6,8-9,18H,2,5,7,10-11H2,1H3. The molecule has 1 aliphatic heterocycles. The number of benzene rings is 1. The average molecular weight is 307 g/mol. The number of nitrogens with one attached hydrogen (secondary N) is 1. The Bertz CT molecular complexity index is 594. The molecule has 0 spiro atoms. The summed E-state index contributed by atoms with van der Waals surface area (Å²) in [4.78, 5) is 3.95. The lowest BCUT2D eigenvalue weighted by Gasteiger charge is -2.29. The van der Waals surface area contributed by atoms with Gasteiger partial charge in [-0.15, -0.1) is 11.3 Å². The van der Waals surface area contributed by atoms with E-state index in [0.29, 0.717) is 0 Å². The molecule has 0 fully saturated rings. The number of nitrogens with zero attached hydrogens (tertiary/aromatic N) is 1. The van der Waals surface area contributed by atoms with E-state index in [0.717, 1.165) is 37.6 Å². The average Bonchev–Trinajstić information content (AvgIpc) is 2.93. The van der Waals surface area contributed by atoms with Gasteiger partial charge in [0.05, 0.1) is 0 Å². The minimum Gasteiger partial charge on any atom is -0.367 e. The van der Waals surface area contributed by atoms with Gasteiger partial charge in [-0.1, -0.05) is 24.6 Å². The van der Waals surface area contributed by atoms with E-state index in [1.807, 2.05) is 11.3 Å². The molecule has 1 aliphatic rings. The Kier molecular flexibility index (Phi) is 4.29. The first-order valence-electron chi connectivity index (χ1n) is 7.07. The van der Waals surface area contributed by atoms with Gasteiger partial charge in [0.2, 0.25) is 0 Å². The second-order valence-corrected chi connectivity index (χ2v) is 6.50. The van der Waals surface area contributed by atoms with Crippen LogP contribution in [0.15, 0.2) is 29.6 Å². The molecule has 2 aromatic rings. The fraction of sp³-hybridized carbons (Fsp3) is 0.375. The Labute approximate surface area is 129 Å². The molecule has 0 amide bonds. The minimum atomic E-state index is 0.838. The molecule has 0 saturated heterocycles. The molecule has 3 rings (SSSR count). The van der Waals surface area contributed by atoms with Crippen LogP contribution in [0.25, 0.3) is 0 Å². The Balaban J connectivity index is 1.76. The normalized spacial score (nSPS) is 14.4. The van der Waals surface area contributed by atoms with E-state index in [2.05, 4.69) is 46.8 Å². The molecular weight excluding hydrogens is 288 g/mol. The zero-order chi connectivity index (χ0) is 13.9. The molecule has 0 aliphatic carbocycles. The van der Waals surface area contributed by atoms with E-state index in [4.69, 9.17) is 11.6 Å². The molecule has 2 nitrogen and oxygen atoms in total. The van der Waals surface area contributed by atoms with Crippen molar-refractivity contribution < 1.29 is 0 Å². The van der Waals surface area contributed by atoms with Crippen LogP contribution in [0.1, 0.15) is 22.9 Å². The summed E-state index contributed by atoms with van der Waals surface area (Å²) in [7, 11) is 0. The molecule has 1 N–H and O–H groups in total. The molecule has 0 saturated carbocycles.